The van der Waals surface area contributed by atoms with Crippen LogP contribution in [0.4, 0.5) is 4.79 Å². The summed E-state index contributed by atoms with van der Waals surface area (Å²) in [6.07, 6.45) is 5.43. The quantitative estimate of drug-likeness (QED) is 0.697. The number of rotatable bonds is 2. The largest absolute Gasteiger partial charge is 0.506 e. The third kappa shape index (κ3) is 3.45. The Morgan fingerprint density at radius 3 is 2.80 bits per heavy atom. The third-order valence-electron chi connectivity index (χ3n) is 5.23. The maximum atomic E-state index is 12.4. The molecule has 9 heteroatoms. The van der Waals surface area contributed by atoms with Gasteiger partial charge in [-0.3, -0.25) is 4.68 Å². The number of amides is 1. The predicted molar refractivity (Wildman–Crippen MR) is 109 cm³/mol. The molecule has 0 bridgehead atoms. The van der Waals surface area contributed by atoms with Crippen molar-refractivity contribution in [2.75, 3.05) is 13.1 Å². The van der Waals surface area contributed by atoms with Crippen molar-refractivity contribution in [2.45, 2.75) is 45.8 Å². The Morgan fingerprint density at radius 2 is 2.10 bits per heavy atom. The Bertz CT molecular complexity index is 1160. The Labute approximate surface area is 174 Å². The van der Waals surface area contributed by atoms with Gasteiger partial charge in [-0.05, 0) is 40.2 Å². The first-order valence-corrected chi connectivity index (χ1v) is 9.81. The molecule has 0 aromatic carbocycles. The van der Waals surface area contributed by atoms with Gasteiger partial charge in [0.2, 0.25) is 0 Å². The van der Waals surface area contributed by atoms with Crippen LogP contribution in [-0.4, -0.2) is 54.2 Å². The number of nitriles is 1. The van der Waals surface area contributed by atoms with Crippen molar-refractivity contribution in [3.8, 4) is 22.9 Å². The summed E-state index contributed by atoms with van der Waals surface area (Å²) >= 11 is 0. The first-order valence-electron chi connectivity index (χ1n) is 9.81. The molecule has 3 aromatic rings. The number of carbonyl (C=O) groups is 1. The van der Waals surface area contributed by atoms with Crippen LogP contribution < -0.4 is 0 Å². The standard InChI is InChI=1S/C21H24N6O3/c1-13-17(14-7-18(28)19-15(8-22)9-23-26(19)11-14)10-24-27(13)16-5-6-25(12-16)20(29)30-21(2,3)4/h7,9-11,16,28H,5-6,12H2,1-4H3/t16-/m0/s1. The second-order valence-electron chi connectivity index (χ2n) is 8.53. The van der Waals surface area contributed by atoms with E-state index in [1.54, 1.807) is 23.4 Å². The molecule has 4 rings (SSSR count). The van der Waals surface area contributed by atoms with E-state index in [4.69, 9.17) is 10.00 Å². The molecule has 1 atom stereocenters. The van der Waals surface area contributed by atoms with Gasteiger partial charge < -0.3 is 14.7 Å². The van der Waals surface area contributed by atoms with Crippen LogP contribution in [0, 0.1) is 18.3 Å². The van der Waals surface area contributed by atoms with Gasteiger partial charge in [0.1, 0.15) is 28.5 Å². The maximum Gasteiger partial charge on any atom is 0.410 e. The fraction of sp³-hybridized carbons (Fsp3) is 0.429. The molecule has 156 valence electrons. The molecular formula is C21H24N6O3. The average molecular weight is 408 g/mol. The molecule has 0 saturated carbocycles. The van der Waals surface area contributed by atoms with Gasteiger partial charge in [-0.1, -0.05) is 0 Å². The molecule has 1 aliphatic heterocycles. The van der Waals surface area contributed by atoms with Gasteiger partial charge >= 0.3 is 6.09 Å². The minimum absolute atomic E-state index is 0.00864. The molecule has 1 amide bonds. The second-order valence-corrected chi connectivity index (χ2v) is 8.53. The van der Waals surface area contributed by atoms with E-state index >= 15 is 0 Å². The van der Waals surface area contributed by atoms with Crippen LogP contribution in [0.15, 0.2) is 24.7 Å². The molecule has 1 aliphatic rings. The Balaban J connectivity index is 1.59. The van der Waals surface area contributed by atoms with Crippen molar-refractivity contribution in [1.82, 2.24) is 24.3 Å². The number of nitrogens with zero attached hydrogens (tertiary/aromatic N) is 6. The highest BCUT2D eigenvalue weighted by molar-refractivity contribution is 5.75. The Kier molecular flexibility index (Phi) is 4.65. The van der Waals surface area contributed by atoms with Crippen molar-refractivity contribution in [3.63, 3.8) is 0 Å². The topological polar surface area (TPSA) is 109 Å². The Morgan fingerprint density at radius 1 is 1.33 bits per heavy atom. The van der Waals surface area contributed by atoms with Crippen molar-refractivity contribution in [2.24, 2.45) is 0 Å². The lowest BCUT2D eigenvalue weighted by molar-refractivity contribution is 0.0288. The SMILES string of the molecule is Cc1c(-c2cc(O)c3c(C#N)cnn3c2)cnn1[C@H]1CCN(C(=O)OC(C)(C)C)C1. The van der Waals surface area contributed by atoms with Crippen molar-refractivity contribution >= 4 is 11.6 Å². The van der Waals surface area contributed by atoms with Gasteiger partial charge in [-0.15, -0.1) is 0 Å². The van der Waals surface area contributed by atoms with E-state index in [-0.39, 0.29) is 17.9 Å². The highest BCUT2D eigenvalue weighted by atomic mass is 16.6. The molecule has 1 fully saturated rings. The molecule has 0 unspecified atom stereocenters. The van der Waals surface area contributed by atoms with Gasteiger partial charge in [0.25, 0.3) is 0 Å². The predicted octanol–water partition coefficient (Wildman–Crippen LogP) is 3.27. The van der Waals surface area contributed by atoms with Crippen LogP contribution in [0.5, 0.6) is 5.75 Å². The number of aromatic nitrogens is 4. The van der Waals surface area contributed by atoms with E-state index in [1.165, 1.54) is 10.7 Å². The third-order valence-corrected chi connectivity index (χ3v) is 5.23. The summed E-state index contributed by atoms with van der Waals surface area (Å²) in [5, 5.41) is 28.3. The lowest BCUT2D eigenvalue weighted by atomic mass is 10.1. The summed E-state index contributed by atoms with van der Waals surface area (Å²) in [5.41, 5.74) is 2.71. The molecular weight excluding hydrogens is 384 g/mol. The zero-order chi connectivity index (χ0) is 21.6. The fourth-order valence-corrected chi connectivity index (χ4v) is 3.84. The smallest absolute Gasteiger partial charge is 0.410 e. The molecule has 4 heterocycles. The van der Waals surface area contributed by atoms with Gasteiger partial charge in [-0.2, -0.15) is 15.5 Å². The minimum Gasteiger partial charge on any atom is -0.506 e. The van der Waals surface area contributed by atoms with Crippen molar-refractivity contribution in [1.29, 1.82) is 5.26 Å². The summed E-state index contributed by atoms with van der Waals surface area (Å²) in [6.45, 7) is 8.68. The van der Waals surface area contributed by atoms with Gasteiger partial charge in [-0.25, -0.2) is 9.31 Å². The number of likely N-dealkylation sites (tertiary alicyclic amines) is 1. The number of aromatic hydroxyl groups is 1. The summed E-state index contributed by atoms with van der Waals surface area (Å²) in [7, 11) is 0. The molecule has 30 heavy (non-hydrogen) atoms. The first-order chi connectivity index (χ1) is 14.2. The summed E-state index contributed by atoms with van der Waals surface area (Å²) in [5.74, 6) is -0.00864. The maximum absolute atomic E-state index is 12.4. The van der Waals surface area contributed by atoms with Crippen LogP contribution in [0.3, 0.4) is 0 Å². The summed E-state index contributed by atoms with van der Waals surface area (Å²) < 4.78 is 8.89. The number of hydrogen-bond donors (Lipinski definition) is 1. The monoisotopic (exact) mass is 408 g/mol. The van der Waals surface area contributed by atoms with Crippen LogP contribution >= 0.6 is 0 Å². The molecule has 1 saturated heterocycles. The first kappa shape index (κ1) is 19.8. The highest BCUT2D eigenvalue weighted by Crippen LogP contribution is 2.33. The molecule has 9 nitrogen and oxygen atoms in total. The minimum atomic E-state index is -0.525. The van der Waals surface area contributed by atoms with E-state index in [0.717, 1.165) is 23.2 Å². The molecule has 1 N–H and O–H groups in total. The van der Waals surface area contributed by atoms with E-state index < -0.39 is 5.60 Å². The van der Waals surface area contributed by atoms with E-state index in [9.17, 15) is 9.90 Å². The van der Waals surface area contributed by atoms with E-state index in [0.29, 0.717) is 24.2 Å². The normalized spacial score (nSPS) is 16.8. The lowest BCUT2D eigenvalue weighted by Crippen LogP contribution is -2.35. The van der Waals surface area contributed by atoms with Gasteiger partial charge in [0.15, 0.2) is 0 Å². The van der Waals surface area contributed by atoms with E-state index in [1.807, 2.05) is 38.4 Å². The van der Waals surface area contributed by atoms with Gasteiger partial charge in [0, 0.05) is 36.1 Å². The molecule has 0 radical (unpaired) electrons. The Hall–Kier alpha value is -3.54. The summed E-state index contributed by atoms with van der Waals surface area (Å²) in [4.78, 5) is 14.1. The number of pyridine rings is 1. The summed E-state index contributed by atoms with van der Waals surface area (Å²) in [6, 6.07) is 3.70. The van der Waals surface area contributed by atoms with E-state index in [2.05, 4.69) is 10.2 Å². The van der Waals surface area contributed by atoms with Crippen LogP contribution in [0.25, 0.3) is 16.6 Å². The molecule has 0 spiro atoms. The average Bonchev–Trinajstić information content (AvgIpc) is 3.37. The molecule has 3 aromatic heterocycles. The lowest BCUT2D eigenvalue weighted by Gasteiger charge is -2.24. The number of hydrogen-bond acceptors (Lipinski definition) is 6. The van der Waals surface area contributed by atoms with Crippen molar-refractivity contribution < 1.29 is 14.6 Å². The number of carbonyl (C=O) groups excluding carboxylic acids is 1. The number of fused-ring (bicyclic) bond motifs is 1. The zero-order valence-corrected chi connectivity index (χ0v) is 17.5. The second kappa shape index (κ2) is 7.06. The van der Waals surface area contributed by atoms with Crippen molar-refractivity contribution in [3.05, 3.63) is 35.9 Å². The zero-order valence-electron chi connectivity index (χ0n) is 17.5. The van der Waals surface area contributed by atoms with Crippen LogP contribution in [0.2, 0.25) is 0 Å². The van der Waals surface area contributed by atoms with Crippen LogP contribution in [-0.2, 0) is 4.74 Å². The highest BCUT2D eigenvalue weighted by Gasteiger charge is 2.32. The molecule has 0 aliphatic carbocycles. The van der Waals surface area contributed by atoms with Gasteiger partial charge in [0.05, 0.1) is 18.4 Å². The fourth-order valence-electron chi connectivity index (χ4n) is 3.84. The van der Waals surface area contributed by atoms with Crippen LogP contribution in [0.1, 0.15) is 44.5 Å². The number of ether oxygens (including phenoxy) is 1.